The molecule has 16 heavy (non-hydrogen) atoms. The number of carboxylic acids is 1. The van der Waals surface area contributed by atoms with E-state index >= 15 is 0 Å². The first kappa shape index (κ1) is 13.0. The minimum atomic E-state index is -0.822. The number of piperidine rings is 1. The summed E-state index contributed by atoms with van der Waals surface area (Å²) >= 11 is 0. The van der Waals surface area contributed by atoms with Crippen molar-refractivity contribution in [2.75, 3.05) is 19.6 Å². The molecule has 0 amide bonds. The lowest BCUT2D eigenvalue weighted by Crippen LogP contribution is -2.59. The van der Waals surface area contributed by atoms with Crippen LogP contribution in [-0.2, 0) is 4.79 Å². The molecule has 1 rings (SSSR count). The fourth-order valence-corrected chi connectivity index (χ4v) is 2.11. The van der Waals surface area contributed by atoms with Crippen molar-refractivity contribution in [3.05, 3.63) is 0 Å². The second kappa shape index (κ2) is 5.33. The Kier molecular flexibility index (Phi) is 4.34. The monoisotopic (exact) mass is 224 g/mol. The van der Waals surface area contributed by atoms with Crippen molar-refractivity contribution >= 4 is 5.97 Å². The zero-order valence-corrected chi connectivity index (χ0v) is 9.99. The maximum Gasteiger partial charge on any atom is 0.324 e. The number of hydrogen-bond donors (Lipinski definition) is 2. The second-order valence-corrected chi connectivity index (χ2v) is 4.57. The number of nitrogens with one attached hydrogen (secondary N) is 1. The van der Waals surface area contributed by atoms with E-state index in [1.165, 1.54) is 0 Å². The Morgan fingerprint density at radius 3 is 2.50 bits per heavy atom. The third kappa shape index (κ3) is 2.75. The Labute approximate surface area is 97.0 Å². The van der Waals surface area contributed by atoms with E-state index in [1.807, 2.05) is 0 Å². The predicted molar refractivity (Wildman–Crippen MR) is 63.1 cm³/mol. The summed E-state index contributed by atoms with van der Waals surface area (Å²) in [6, 6.07) is 0.472. The molecule has 1 aliphatic rings. The molecule has 1 fully saturated rings. The van der Waals surface area contributed by atoms with Crippen LogP contribution in [0, 0.1) is 12.3 Å². The van der Waals surface area contributed by atoms with Gasteiger partial charge >= 0.3 is 5.97 Å². The van der Waals surface area contributed by atoms with Gasteiger partial charge in [0.1, 0.15) is 5.54 Å². The highest BCUT2D eigenvalue weighted by Gasteiger charge is 2.41. The average Bonchev–Trinajstić information content (AvgIpc) is 2.26. The highest BCUT2D eigenvalue weighted by Crippen LogP contribution is 2.23. The summed E-state index contributed by atoms with van der Waals surface area (Å²) in [6.07, 6.45) is 6.39. The highest BCUT2D eigenvalue weighted by atomic mass is 16.4. The lowest BCUT2D eigenvalue weighted by Gasteiger charge is -2.40. The van der Waals surface area contributed by atoms with Gasteiger partial charge < -0.3 is 10.0 Å². The van der Waals surface area contributed by atoms with Crippen LogP contribution in [0.2, 0.25) is 0 Å². The molecule has 0 atom stereocenters. The summed E-state index contributed by atoms with van der Waals surface area (Å²) in [5.41, 5.74) is -0.822. The van der Waals surface area contributed by atoms with E-state index < -0.39 is 11.5 Å². The summed E-state index contributed by atoms with van der Waals surface area (Å²) in [5.74, 6) is 1.65. The van der Waals surface area contributed by atoms with Gasteiger partial charge in [-0.05, 0) is 26.7 Å². The van der Waals surface area contributed by atoms with Gasteiger partial charge in [-0.1, -0.05) is 5.92 Å². The van der Waals surface area contributed by atoms with Crippen molar-refractivity contribution < 1.29 is 9.90 Å². The summed E-state index contributed by atoms with van der Waals surface area (Å²) in [4.78, 5) is 13.6. The minimum absolute atomic E-state index is 0.313. The summed E-state index contributed by atoms with van der Waals surface area (Å²) in [5, 5.41) is 12.3. The molecule has 0 saturated carbocycles. The number of aliphatic carboxylic acids is 1. The Hall–Kier alpha value is -1.05. The van der Waals surface area contributed by atoms with Crippen molar-refractivity contribution in [2.45, 2.75) is 38.3 Å². The molecule has 1 heterocycles. The van der Waals surface area contributed by atoms with E-state index in [4.69, 9.17) is 6.42 Å². The van der Waals surface area contributed by atoms with E-state index in [2.05, 4.69) is 30.0 Å². The highest BCUT2D eigenvalue weighted by molar-refractivity contribution is 5.79. The second-order valence-electron chi connectivity index (χ2n) is 4.57. The number of likely N-dealkylation sites (tertiary alicyclic amines) is 1. The molecule has 0 spiro atoms. The molecule has 0 aromatic carbocycles. The van der Waals surface area contributed by atoms with Crippen LogP contribution in [0.25, 0.3) is 0 Å². The molecule has 0 aromatic heterocycles. The number of rotatable bonds is 4. The number of nitrogens with zero attached hydrogens (tertiary/aromatic N) is 1. The topological polar surface area (TPSA) is 52.6 Å². The van der Waals surface area contributed by atoms with Crippen molar-refractivity contribution in [2.24, 2.45) is 0 Å². The normalized spacial score (nSPS) is 20.6. The van der Waals surface area contributed by atoms with Crippen molar-refractivity contribution in [1.82, 2.24) is 10.2 Å². The zero-order valence-electron chi connectivity index (χ0n) is 9.99. The molecule has 2 N–H and O–H groups in total. The Morgan fingerprint density at radius 2 is 2.12 bits per heavy atom. The van der Waals surface area contributed by atoms with Gasteiger partial charge in [0.05, 0.1) is 6.54 Å². The van der Waals surface area contributed by atoms with Crippen LogP contribution >= 0.6 is 0 Å². The Bertz CT molecular complexity index is 286. The molecule has 0 aromatic rings. The third-order valence-corrected chi connectivity index (χ3v) is 3.32. The molecule has 0 unspecified atom stereocenters. The average molecular weight is 224 g/mol. The number of carbonyl (C=O) groups is 1. The predicted octanol–water partition coefficient (Wildman–Crippen LogP) is 0.537. The standard InChI is InChI=1S/C12H20N2O2/c1-4-7-13-12(11(15)16)5-8-14(9-6-12)10(2)3/h1,10,13H,5-9H2,2-3H3,(H,15,16). The van der Waals surface area contributed by atoms with Crippen LogP contribution in [0.4, 0.5) is 0 Å². The van der Waals surface area contributed by atoms with E-state index in [0.29, 0.717) is 25.4 Å². The minimum Gasteiger partial charge on any atom is -0.480 e. The number of terminal acetylenes is 1. The SMILES string of the molecule is C#CCNC1(C(=O)O)CCN(C(C)C)CC1. The lowest BCUT2D eigenvalue weighted by atomic mass is 9.87. The lowest BCUT2D eigenvalue weighted by molar-refractivity contribution is -0.147. The molecule has 0 bridgehead atoms. The van der Waals surface area contributed by atoms with Gasteiger partial charge in [-0.2, -0.15) is 0 Å². The van der Waals surface area contributed by atoms with E-state index in [9.17, 15) is 9.90 Å². The Balaban J connectivity index is 2.63. The molecule has 0 radical (unpaired) electrons. The first-order chi connectivity index (χ1) is 7.52. The van der Waals surface area contributed by atoms with Gasteiger partial charge in [-0.25, -0.2) is 0 Å². The fraction of sp³-hybridized carbons (Fsp3) is 0.750. The van der Waals surface area contributed by atoms with Crippen LogP contribution in [0.3, 0.4) is 0 Å². The molecular weight excluding hydrogens is 204 g/mol. The first-order valence-electron chi connectivity index (χ1n) is 5.68. The van der Waals surface area contributed by atoms with Crippen molar-refractivity contribution in [1.29, 1.82) is 0 Å². The molecule has 4 nitrogen and oxygen atoms in total. The van der Waals surface area contributed by atoms with Crippen molar-refractivity contribution in [3.8, 4) is 12.3 Å². The molecule has 4 heteroatoms. The molecule has 1 saturated heterocycles. The quantitative estimate of drug-likeness (QED) is 0.684. The van der Waals surface area contributed by atoms with Gasteiger partial charge in [-0.15, -0.1) is 6.42 Å². The fourth-order valence-electron chi connectivity index (χ4n) is 2.11. The molecule has 1 aliphatic heterocycles. The van der Waals surface area contributed by atoms with Crippen LogP contribution in [0.1, 0.15) is 26.7 Å². The maximum absolute atomic E-state index is 11.3. The van der Waals surface area contributed by atoms with E-state index in [0.717, 1.165) is 13.1 Å². The van der Waals surface area contributed by atoms with Crippen LogP contribution in [0.5, 0.6) is 0 Å². The van der Waals surface area contributed by atoms with Crippen molar-refractivity contribution in [3.63, 3.8) is 0 Å². The zero-order chi connectivity index (χ0) is 12.2. The van der Waals surface area contributed by atoms with Gasteiger partial charge in [0.2, 0.25) is 0 Å². The van der Waals surface area contributed by atoms with Crippen LogP contribution in [-0.4, -0.2) is 47.2 Å². The summed E-state index contributed by atoms with van der Waals surface area (Å²) < 4.78 is 0. The third-order valence-electron chi connectivity index (χ3n) is 3.32. The number of hydrogen-bond acceptors (Lipinski definition) is 3. The van der Waals surface area contributed by atoms with Crippen LogP contribution < -0.4 is 5.32 Å². The van der Waals surface area contributed by atoms with Gasteiger partial charge in [0, 0.05) is 19.1 Å². The molecule has 0 aliphatic carbocycles. The molecular formula is C12H20N2O2. The largest absolute Gasteiger partial charge is 0.480 e. The van der Waals surface area contributed by atoms with Gasteiger partial charge in [0.15, 0.2) is 0 Å². The van der Waals surface area contributed by atoms with Gasteiger partial charge in [-0.3, -0.25) is 10.1 Å². The first-order valence-corrected chi connectivity index (χ1v) is 5.68. The van der Waals surface area contributed by atoms with E-state index in [-0.39, 0.29) is 0 Å². The van der Waals surface area contributed by atoms with Crippen LogP contribution in [0.15, 0.2) is 0 Å². The van der Waals surface area contributed by atoms with Gasteiger partial charge in [0.25, 0.3) is 0 Å². The molecule has 90 valence electrons. The Morgan fingerprint density at radius 1 is 1.56 bits per heavy atom. The maximum atomic E-state index is 11.3. The summed E-state index contributed by atoms with van der Waals surface area (Å²) in [6.45, 7) is 6.18. The smallest absolute Gasteiger partial charge is 0.324 e. The van der Waals surface area contributed by atoms with E-state index in [1.54, 1.807) is 0 Å². The summed E-state index contributed by atoms with van der Waals surface area (Å²) in [7, 11) is 0. The number of carboxylic acid groups (broad SMARTS) is 1.